The number of nitrogens with zero attached hydrogens (tertiary/aromatic N) is 3. The summed E-state index contributed by atoms with van der Waals surface area (Å²) in [5, 5.41) is 3.91. The number of hydrogen-bond acceptors (Lipinski definition) is 6. The predicted molar refractivity (Wildman–Crippen MR) is 156 cm³/mol. The molecule has 38 heavy (non-hydrogen) atoms. The van der Waals surface area contributed by atoms with Gasteiger partial charge in [-0.15, -0.1) is 11.3 Å². The van der Waals surface area contributed by atoms with Gasteiger partial charge in [-0.3, -0.25) is 4.79 Å². The fourth-order valence-electron chi connectivity index (χ4n) is 4.30. The van der Waals surface area contributed by atoms with Crippen molar-refractivity contribution >= 4 is 44.7 Å². The number of thiophene rings is 1. The van der Waals surface area contributed by atoms with Gasteiger partial charge in [0.2, 0.25) is 0 Å². The van der Waals surface area contributed by atoms with Crippen molar-refractivity contribution in [2.45, 2.75) is 33.6 Å². The van der Waals surface area contributed by atoms with Crippen molar-refractivity contribution in [3.05, 3.63) is 101 Å². The molecule has 0 aliphatic rings. The number of hydrogen-bond donors (Lipinski definition) is 1. The molecule has 6 nitrogen and oxygen atoms in total. The van der Waals surface area contributed by atoms with Crippen molar-refractivity contribution in [2.75, 3.05) is 17.3 Å². The Morgan fingerprint density at radius 1 is 0.895 bits per heavy atom. The largest absolute Gasteiger partial charge is 0.457 e. The lowest BCUT2D eigenvalue weighted by molar-refractivity contribution is 0.103. The van der Waals surface area contributed by atoms with Crippen LogP contribution in [0, 0.1) is 13.8 Å². The van der Waals surface area contributed by atoms with E-state index in [1.165, 1.54) is 16.9 Å². The highest BCUT2D eigenvalue weighted by molar-refractivity contribution is 7.20. The second-order valence-corrected chi connectivity index (χ2v) is 10.5. The summed E-state index contributed by atoms with van der Waals surface area (Å²) in [6.07, 6.45) is 0. The molecule has 3 aromatic carbocycles. The van der Waals surface area contributed by atoms with Crippen molar-refractivity contribution in [2.24, 2.45) is 0 Å². The quantitative estimate of drug-likeness (QED) is 0.233. The molecule has 0 radical (unpaired) electrons. The smallest absolute Gasteiger partial charge is 0.266 e. The average molecular weight is 523 g/mol. The maximum Gasteiger partial charge on any atom is 0.266 e. The van der Waals surface area contributed by atoms with Crippen molar-refractivity contribution in [3.8, 4) is 11.5 Å². The number of para-hydroxylation sites is 1. The van der Waals surface area contributed by atoms with E-state index in [0.29, 0.717) is 28.1 Å². The third-order valence-corrected chi connectivity index (χ3v) is 7.63. The van der Waals surface area contributed by atoms with Crippen LogP contribution in [0.1, 0.15) is 46.4 Å². The van der Waals surface area contributed by atoms with E-state index in [1.54, 1.807) is 0 Å². The summed E-state index contributed by atoms with van der Waals surface area (Å²) in [6, 6.07) is 25.5. The molecule has 192 valence electrons. The third-order valence-electron chi connectivity index (χ3n) is 6.44. The normalized spacial score (nSPS) is 11.1. The molecule has 0 spiro atoms. The van der Waals surface area contributed by atoms with E-state index in [2.05, 4.69) is 53.3 Å². The van der Waals surface area contributed by atoms with E-state index in [1.807, 2.05) is 75.5 Å². The van der Waals surface area contributed by atoms with Crippen molar-refractivity contribution in [3.63, 3.8) is 0 Å². The second-order valence-electron chi connectivity index (χ2n) is 9.53. The number of ether oxygens (including phenoxy) is 1. The van der Waals surface area contributed by atoms with Crippen LogP contribution in [0.4, 0.5) is 17.2 Å². The molecule has 0 unspecified atom stereocenters. The summed E-state index contributed by atoms with van der Waals surface area (Å²) in [5.74, 6) is 3.22. The van der Waals surface area contributed by atoms with Gasteiger partial charge < -0.3 is 15.0 Å². The lowest BCUT2D eigenvalue weighted by atomic mass is 10.0. The number of benzene rings is 3. The molecule has 0 aliphatic heterocycles. The Hall–Kier alpha value is -4.23. The van der Waals surface area contributed by atoms with Crippen LogP contribution in [0.3, 0.4) is 0 Å². The molecule has 0 saturated heterocycles. The minimum Gasteiger partial charge on any atom is -0.457 e. The van der Waals surface area contributed by atoms with E-state index in [4.69, 9.17) is 9.72 Å². The number of rotatable bonds is 7. The molecule has 5 rings (SSSR count). The first kappa shape index (κ1) is 25.4. The second kappa shape index (κ2) is 10.6. The molecule has 5 aromatic rings. The Bertz CT molecular complexity index is 1580. The highest BCUT2D eigenvalue weighted by Crippen LogP contribution is 2.38. The Kier molecular flexibility index (Phi) is 7.11. The monoisotopic (exact) mass is 522 g/mol. The van der Waals surface area contributed by atoms with Gasteiger partial charge in [0.1, 0.15) is 28.0 Å². The van der Waals surface area contributed by atoms with Gasteiger partial charge in [-0.1, -0.05) is 44.2 Å². The Morgan fingerprint density at radius 2 is 1.55 bits per heavy atom. The Morgan fingerprint density at radius 3 is 2.21 bits per heavy atom. The van der Waals surface area contributed by atoms with Crippen LogP contribution in [0.25, 0.3) is 10.2 Å². The van der Waals surface area contributed by atoms with Gasteiger partial charge >= 0.3 is 0 Å². The molecule has 2 aromatic heterocycles. The zero-order chi connectivity index (χ0) is 26.8. The first-order chi connectivity index (χ1) is 18.3. The molecule has 0 atom stereocenters. The molecule has 0 bridgehead atoms. The van der Waals surface area contributed by atoms with Crippen LogP contribution in [-0.4, -0.2) is 22.9 Å². The van der Waals surface area contributed by atoms with Gasteiger partial charge in [0.15, 0.2) is 0 Å². The maximum absolute atomic E-state index is 13.3. The third kappa shape index (κ3) is 5.24. The van der Waals surface area contributed by atoms with Gasteiger partial charge in [-0.2, -0.15) is 0 Å². The van der Waals surface area contributed by atoms with Crippen LogP contribution in [0.15, 0.2) is 78.9 Å². The van der Waals surface area contributed by atoms with Gasteiger partial charge in [0.05, 0.1) is 10.3 Å². The van der Waals surface area contributed by atoms with Gasteiger partial charge in [-0.05, 0) is 79.4 Å². The average Bonchev–Trinajstić information content (AvgIpc) is 3.25. The first-order valence-electron chi connectivity index (χ1n) is 12.6. The Balaban J connectivity index is 1.40. The van der Waals surface area contributed by atoms with E-state index in [-0.39, 0.29) is 5.91 Å². The minimum atomic E-state index is -0.172. The summed E-state index contributed by atoms with van der Waals surface area (Å²) in [4.78, 5) is 26.2. The molecule has 2 heterocycles. The van der Waals surface area contributed by atoms with E-state index in [0.717, 1.165) is 33.0 Å². The van der Waals surface area contributed by atoms with Crippen molar-refractivity contribution in [1.82, 2.24) is 9.97 Å². The van der Waals surface area contributed by atoms with Crippen LogP contribution < -0.4 is 15.0 Å². The molecule has 0 saturated carbocycles. The molecular weight excluding hydrogens is 492 g/mol. The highest BCUT2D eigenvalue weighted by Gasteiger charge is 2.22. The zero-order valence-corrected chi connectivity index (χ0v) is 23.0. The van der Waals surface area contributed by atoms with Crippen molar-refractivity contribution in [1.29, 1.82) is 0 Å². The molecule has 1 N–H and O–H groups in total. The zero-order valence-electron chi connectivity index (χ0n) is 22.1. The molecular formula is C31H30N4O2S. The summed E-state index contributed by atoms with van der Waals surface area (Å²) >= 11 is 1.39. The summed E-state index contributed by atoms with van der Waals surface area (Å²) < 4.78 is 5.85. The topological polar surface area (TPSA) is 67.4 Å². The first-order valence-corrected chi connectivity index (χ1v) is 13.4. The predicted octanol–water partition coefficient (Wildman–Crippen LogP) is 8.24. The number of carbonyl (C=O) groups excluding carboxylic acids is 1. The van der Waals surface area contributed by atoms with Crippen LogP contribution in [0.5, 0.6) is 11.5 Å². The summed E-state index contributed by atoms with van der Waals surface area (Å²) in [6.45, 7) is 8.21. The Labute approximate surface area is 227 Å². The SMILES string of the molecule is Cc1nc(N(C)c2ccc(C(C)C)cc2)c2c(C)c(C(=O)Nc3ccc(Oc4ccccc4)cc3)sc2n1. The van der Waals surface area contributed by atoms with Crippen LogP contribution >= 0.6 is 11.3 Å². The lowest BCUT2D eigenvalue weighted by Gasteiger charge is -2.20. The lowest BCUT2D eigenvalue weighted by Crippen LogP contribution is -2.13. The van der Waals surface area contributed by atoms with Crippen LogP contribution in [-0.2, 0) is 0 Å². The van der Waals surface area contributed by atoms with E-state index < -0.39 is 0 Å². The molecule has 0 fully saturated rings. The number of amides is 1. The highest BCUT2D eigenvalue weighted by atomic mass is 32.1. The van der Waals surface area contributed by atoms with Gasteiger partial charge in [-0.25, -0.2) is 9.97 Å². The molecule has 0 aliphatic carbocycles. The number of aromatic nitrogens is 2. The number of nitrogens with one attached hydrogen (secondary N) is 1. The van der Waals surface area contributed by atoms with Gasteiger partial charge in [0.25, 0.3) is 5.91 Å². The molecule has 1 amide bonds. The molecule has 7 heteroatoms. The fraction of sp³-hybridized carbons (Fsp3) is 0.194. The number of carbonyl (C=O) groups is 1. The maximum atomic E-state index is 13.3. The fourth-order valence-corrected chi connectivity index (χ4v) is 5.42. The number of aryl methyl sites for hydroxylation is 2. The van der Waals surface area contributed by atoms with E-state index in [9.17, 15) is 4.79 Å². The number of anilines is 3. The van der Waals surface area contributed by atoms with E-state index >= 15 is 0 Å². The van der Waals surface area contributed by atoms with Crippen molar-refractivity contribution < 1.29 is 9.53 Å². The van der Waals surface area contributed by atoms with Gasteiger partial charge in [0, 0.05) is 18.4 Å². The number of fused-ring (bicyclic) bond motifs is 1. The standard InChI is InChI=1S/C31H30N4O2S/c1-19(2)22-11-15-24(16-12-22)35(5)29-27-20(3)28(38-31(27)33-21(4)32-29)30(36)34-23-13-17-26(18-14-23)37-25-9-7-6-8-10-25/h6-19H,1-5H3,(H,34,36). The minimum absolute atomic E-state index is 0.172. The summed E-state index contributed by atoms with van der Waals surface area (Å²) in [7, 11) is 2.00. The van der Waals surface area contributed by atoms with Crippen LogP contribution in [0.2, 0.25) is 0 Å². The summed E-state index contributed by atoms with van der Waals surface area (Å²) in [5.41, 5.74) is 3.88.